The Morgan fingerprint density at radius 2 is 1.82 bits per heavy atom. The van der Waals surface area contributed by atoms with E-state index < -0.39 is 22.6 Å². The number of halogens is 6. The van der Waals surface area contributed by atoms with Crippen LogP contribution in [-0.4, -0.2) is 29.8 Å². The summed E-state index contributed by atoms with van der Waals surface area (Å²) >= 11 is 14.9. The first-order valence-electron chi connectivity index (χ1n) is 7.73. The van der Waals surface area contributed by atoms with Gasteiger partial charge in [0, 0.05) is 21.2 Å². The third kappa shape index (κ3) is 3.38. The van der Waals surface area contributed by atoms with Crippen molar-refractivity contribution in [3.05, 3.63) is 69.2 Å². The lowest BCUT2D eigenvalue weighted by Gasteiger charge is -2.33. The van der Waals surface area contributed by atoms with Gasteiger partial charge in [-0.1, -0.05) is 62.5 Å². The molecule has 0 aromatic heterocycles. The average Bonchev–Trinajstić information content (AvgIpc) is 2.98. The number of ether oxygens (including phenoxy) is 1. The zero-order valence-electron chi connectivity index (χ0n) is 14.1. The molecule has 2 unspecified atom stereocenters. The Bertz CT molecular complexity index is 947. The predicted octanol–water partition coefficient (Wildman–Crippen LogP) is 5.74. The van der Waals surface area contributed by atoms with Crippen LogP contribution in [0.15, 0.2) is 47.6 Å². The van der Waals surface area contributed by atoms with Crippen LogP contribution in [0.3, 0.4) is 0 Å². The van der Waals surface area contributed by atoms with Crippen molar-refractivity contribution in [2.75, 3.05) is 7.11 Å². The molecule has 0 N–H and O–H groups in total. The number of oxime groups is 1. The Balaban J connectivity index is 2.16. The summed E-state index contributed by atoms with van der Waals surface area (Å²) in [5, 5.41) is 3.70. The van der Waals surface area contributed by atoms with Crippen molar-refractivity contribution in [1.82, 2.24) is 0 Å². The molecule has 148 valence electrons. The second kappa shape index (κ2) is 7.57. The summed E-state index contributed by atoms with van der Waals surface area (Å²) in [6.07, 6.45) is -4.89. The first kappa shape index (κ1) is 21.0. The van der Waals surface area contributed by atoms with E-state index in [1.807, 2.05) is 0 Å². The van der Waals surface area contributed by atoms with Gasteiger partial charge in [0.2, 0.25) is 0 Å². The lowest BCUT2D eigenvalue weighted by molar-refractivity contribution is -0.273. The van der Waals surface area contributed by atoms with E-state index in [4.69, 9.17) is 32.8 Å². The molecule has 0 saturated heterocycles. The number of carbonyl (C=O) groups excluding carboxylic acids is 1. The summed E-state index contributed by atoms with van der Waals surface area (Å²) in [7, 11) is 1.17. The number of carbonyl (C=O) groups is 1. The van der Waals surface area contributed by atoms with Gasteiger partial charge in [-0.05, 0) is 24.3 Å². The molecule has 0 aliphatic carbocycles. The van der Waals surface area contributed by atoms with Crippen LogP contribution in [0.5, 0.6) is 0 Å². The van der Waals surface area contributed by atoms with E-state index in [0.29, 0.717) is 0 Å². The molecule has 10 heteroatoms. The molecule has 0 spiro atoms. The van der Waals surface area contributed by atoms with Gasteiger partial charge in [-0.2, -0.15) is 13.2 Å². The lowest BCUT2D eigenvalue weighted by atomic mass is 9.85. The van der Waals surface area contributed by atoms with E-state index in [0.717, 1.165) is 12.1 Å². The average molecular weight is 497 g/mol. The van der Waals surface area contributed by atoms with Crippen LogP contribution in [-0.2, 0) is 15.2 Å². The highest BCUT2D eigenvalue weighted by Gasteiger charge is 2.67. The summed E-state index contributed by atoms with van der Waals surface area (Å²) in [4.78, 5) is 15.5. The minimum atomic E-state index is -4.89. The van der Waals surface area contributed by atoms with E-state index in [2.05, 4.69) is 21.1 Å². The number of nitrogens with zero attached hydrogens (tertiary/aromatic N) is 1. The van der Waals surface area contributed by atoms with Crippen LogP contribution >= 0.6 is 39.1 Å². The van der Waals surface area contributed by atoms with Gasteiger partial charge in [0.15, 0.2) is 0 Å². The zero-order chi connectivity index (χ0) is 20.7. The largest absolute Gasteiger partial charge is 0.465 e. The van der Waals surface area contributed by atoms with Gasteiger partial charge in [-0.15, -0.1) is 0 Å². The molecule has 0 radical (unpaired) electrons. The first-order valence-corrected chi connectivity index (χ1v) is 9.40. The van der Waals surface area contributed by atoms with Crippen molar-refractivity contribution < 1.29 is 27.5 Å². The molecular weight excluding hydrogens is 486 g/mol. The summed E-state index contributed by atoms with van der Waals surface area (Å²) in [6.45, 7) is 0. The fraction of sp³-hybridized carbons (Fsp3) is 0.222. The SMILES string of the molecule is COC(=O)c1ccccc1C1=NOC(c2cc(Cl)cc(Cl)c2)(C(F)(F)F)C1Br. The minimum Gasteiger partial charge on any atom is -0.465 e. The number of hydrogen-bond acceptors (Lipinski definition) is 4. The molecule has 0 fully saturated rings. The van der Waals surface area contributed by atoms with E-state index in [1.165, 1.54) is 25.3 Å². The van der Waals surface area contributed by atoms with Crippen LogP contribution in [0.4, 0.5) is 13.2 Å². The predicted molar refractivity (Wildman–Crippen MR) is 102 cm³/mol. The molecule has 1 aliphatic heterocycles. The third-order valence-electron chi connectivity index (χ3n) is 4.21. The zero-order valence-corrected chi connectivity index (χ0v) is 17.2. The molecule has 1 heterocycles. The number of hydrogen-bond donors (Lipinski definition) is 0. The van der Waals surface area contributed by atoms with Gasteiger partial charge in [-0.3, -0.25) is 0 Å². The molecule has 2 aromatic carbocycles. The van der Waals surface area contributed by atoms with Crippen molar-refractivity contribution in [3.8, 4) is 0 Å². The van der Waals surface area contributed by atoms with Gasteiger partial charge < -0.3 is 9.57 Å². The van der Waals surface area contributed by atoms with Crippen LogP contribution < -0.4 is 0 Å². The Kier molecular flexibility index (Phi) is 5.67. The Morgan fingerprint density at radius 1 is 1.21 bits per heavy atom. The quantitative estimate of drug-likeness (QED) is 0.402. The smallest absolute Gasteiger partial charge is 0.436 e. The summed E-state index contributed by atoms with van der Waals surface area (Å²) in [5.41, 5.74) is -3.13. The highest BCUT2D eigenvalue weighted by molar-refractivity contribution is 9.10. The van der Waals surface area contributed by atoms with E-state index >= 15 is 0 Å². The normalized spacial score (nSPS) is 21.8. The van der Waals surface area contributed by atoms with Crippen molar-refractivity contribution in [1.29, 1.82) is 0 Å². The number of methoxy groups -OCH3 is 1. The van der Waals surface area contributed by atoms with Gasteiger partial charge in [-0.25, -0.2) is 4.79 Å². The Labute approximate surface area is 176 Å². The van der Waals surface area contributed by atoms with Gasteiger partial charge >= 0.3 is 12.1 Å². The number of alkyl halides is 4. The Morgan fingerprint density at radius 3 is 2.39 bits per heavy atom. The van der Waals surface area contributed by atoms with E-state index in [1.54, 1.807) is 12.1 Å². The van der Waals surface area contributed by atoms with Crippen molar-refractivity contribution in [2.45, 2.75) is 16.6 Å². The third-order valence-corrected chi connectivity index (χ3v) is 5.72. The number of rotatable bonds is 3. The molecule has 0 bridgehead atoms. The monoisotopic (exact) mass is 495 g/mol. The van der Waals surface area contributed by atoms with Crippen LogP contribution in [0.25, 0.3) is 0 Å². The summed E-state index contributed by atoms with van der Waals surface area (Å²) < 4.78 is 47.4. The fourth-order valence-corrected chi connectivity index (χ4v) is 4.38. The maximum absolute atomic E-state index is 14.2. The van der Waals surface area contributed by atoms with Crippen LogP contribution in [0, 0.1) is 0 Å². The highest BCUT2D eigenvalue weighted by Crippen LogP contribution is 2.52. The topological polar surface area (TPSA) is 47.9 Å². The number of esters is 1. The Hall–Kier alpha value is -1.77. The second-order valence-electron chi connectivity index (χ2n) is 5.86. The lowest BCUT2D eigenvalue weighted by Crippen LogP contribution is -2.50. The molecule has 0 amide bonds. The minimum absolute atomic E-state index is 0.0119. The fourth-order valence-electron chi connectivity index (χ4n) is 2.91. The molecule has 3 rings (SSSR count). The first-order chi connectivity index (χ1) is 13.1. The molecule has 28 heavy (non-hydrogen) atoms. The standard InChI is InChI=1S/C18H11BrCl2F3NO3/c1-27-16(26)13-5-3-2-4-12(13)14-15(19)17(28-25-14,18(22,23)24)9-6-10(20)8-11(21)7-9/h2-8,15H,1H3. The molecule has 0 saturated carbocycles. The van der Waals surface area contributed by atoms with E-state index in [-0.39, 0.29) is 32.4 Å². The molecule has 1 aliphatic rings. The van der Waals surface area contributed by atoms with Gasteiger partial charge in [0.05, 0.1) is 12.7 Å². The highest BCUT2D eigenvalue weighted by atomic mass is 79.9. The molecule has 2 atom stereocenters. The van der Waals surface area contributed by atoms with Crippen molar-refractivity contribution >= 4 is 50.8 Å². The summed E-state index contributed by atoms with van der Waals surface area (Å²) in [6, 6.07) is 9.53. The van der Waals surface area contributed by atoms with Crippen LogP contribution in [0.2, 0.25) is 10.0 Å². The maximum Gasteiger partial charge on any atom is 0.436 e. The van der Waals surface area contributed by atoms with Gasteiger partial charge in [0.25, 0.3) is 5.60 Å². The summed E-state index contributed by atoms with van der Waals surface area (Å²) in [5.74, 6) is -0.715. The number of benzene rings is 2. The van der Waals surface area contributed by atoms with Crippen LogP contribution in [0.1, 0.15) is 21.5 Å². The molecule has 2 aromatic rings. The maximum atomic E-state index is 14.2. The molecular formula is C18H11BrCl2F3NO3. The van der Waals surface area contributed by atoms with E-state index in [9.17, 15) is 18.0 Å². The molecule has 4 nitrogen and oxygen atoms in total. The van der Waals surface area contributed by atoms with Gasteiger partial charge in [0.1, 0.15) is 10.5 Å². The second-order valence-corrected chi connectivity index (χ2v) is 7.65. The van der Waals surface area contributed by atoms with Crippen molar-refractivity contribution in [2.24, 2.45) is 5.16 Å². The van der Waals surface area contributed by atoms with Crippen molar-refractivity contribution in [3.63, 3.8) is 0 Å².